The van der Waals surface area contributed by atoms with Crippen LogP contribution in [-0.2, 0) is 56.9 Å². The molecular formula is C38H65NO29. The van der Waals surface area contributed by atoms with Gasteiger partial charge in [0.15, 0.2) is 43.8 Å². The second-order valence-corrected chi connectivity index (χ2v) is 17.6. The molecule has 1 amide bonds. The summed E-state index contributed by atoms with van der Waals surface area (Å²) >= 11 is 0. The summed E-state index contributed by atoms with van der Waals surface area (Å²) in [5.41, 5.74) is 0. The molecule has 6 fully saturated rings. The fourth-order valence-electron chi connectivity index (χ4n) is 8.79. The summed E-state index contributed by atoms with van der Waals surface area (Å²) in [5.74, 6) is -3.74. The molecule has 0 aromatic heterocycles. The zero-order chi connectivity index (χ0) is 50.3. The van der Waals surface area contributed by atoms with Gasteiger partial charge in [-0.1, -0.05) is 0 Å². The molecule has 0 spiro atoms. The minimum Gasteiger partial charge on any atom is -0.394 e. The van der Waals surface area contributed by atoms with Crippen LogP contribution >= 0.6 is 0 Å². The van der Waals surface area contributed by atoms with Crippen molar-refractivity contribution in [2.75, 3.05) is 26.4 Å². The third kappa shape index (κ3) is 11.4. The Labute approximate surface area is 386 Å². The number of ether oxygens (including phenoxy) is 11. The van der Waals surface area contributed by atoms with Crippen LogP contribution in [0.4, 0.5) is 0 Å². The van der Waals surface area contributed by atoms with Gasteiger partial charge in [-0.3, -0.25) is 4.79 Å². The number of carbonyl (C=O) groups is 1. The Morgan fingerprint density at radius 1 is 0.500 bits per heavy atom. The smallest absolute Gasteiger partial charge is 0.217 e. The summed E-state index contributed by atoms with van der Waals surface area (Å²) in [6, 6.07) is -1.88. The summed E-state index contributed by atoms with van der Waals surface area (Å²) < 4.78 is 63.5. The van der Waals surface area contributed by atoms with Crippen LogP contribution < -0.4 is 5.32 Å². The van der Waals surface area contributed by atoms with Crippen molar-refractivity contribution >= 4 is 5.91 Å². The molecule has 6 aliphatic rings. The van der Waals surface area contributed by atoms with Gasteiger partial charge in [-0.25, -0.2) is 0 Å². The molecule has 0 saturated carbocycles. The van der Waals surface area contributed by atoms with E-state index in [1.165, 1.54) is 13.8 Å². The first kappa shape index (κ1) is 55.7. The van der Waals surface area contributed by atoms with Gasteiger partial charge >= 0.3 is 0 Å². The third-order valence-electron chi connectivity index (χ3n) is 12.7. The molecule has 29 unspecified atom stereocenters. The highest BCUT2D eigenvalue weighted by atomic mass is 16.8. The largest absolute Gasteiger partial charge is 0.394 e. The Hall–Kier alpha value is -1.65. The van der Waals surface area contributed by atoms with Crippen molar-refractivity contribution in [2.45, 2.75) is 205 Å². The Bertz CT molecular complexity index is 1610. The molecule has 6 heterocycles. The average molecular weight is 1000 g/mol. The van der Waals surface area contributed by atoms with Crippen molar-refractivity contribution in [1.82, 2.24) is 5.32 Å². The second kappa shape index (κ2) is 23.1. The van der Waals surface area contributed by atoms with Gasteiger partial charge in [0, 0.05) is 13.3 Å². The lowest BCUT2D eigenvalue weighted by Crippen LogP contribution is -2.71. The average Bonchev–Trinajstić information content (AvgIpc) is 3.30. The van der Waals surface area contributed by atoms with E-state index in [4.69, 9.17) is 52.1 Å². The van der Waals surface area contributed by atoms with Crippen molar-refractivity contribution < 1.29 is 144 Å². The normalized spacial score (nSPS) is 52.6. The lowest BCUT2D eigenvalue weighted by atomic mass is 9.93. The van der Waals surface area contributed by atoms with Crippen LogP contribution in [0.15, 0.2) is 0 Å². The number of amides is 1. The van der Waals surface area contributed by atoms with Crippen molar-refractivity contribution in [2.24, 2.45) is 0 Å². The Morgan fingerprint density at radius 2 is 0.985 bits per heavy atom. The fraction of sp³-hybridized carbons (Fsp3) is 0.974. The minimum absolute atomic E-state index is 0.723. The molecule has 6 saturated heterocycles. The van der Waals surface area contributed by atoms with E-state index in [0.29, 0.717) is 0 Å². The highest BCUT2D eigenvalue weighted by Gasteiger charge is 2.59. The van der Waals surface area contributed by atoms with E-state index >= 15 is 0 Å². The molecule has 0 aromatic carbocycles. The maximum atomic E-state index is 13.1. The van der Waals surface area contributed by atoms with Gasteiger partial charge in [0.2, 0.25) is 11.7 Å². The highest BCUT2D eigenvalue weighted by molar-refractivity contribution is 5.73. The van der Waals surface area contributed by atoms with E-state index in [1.807, 2.05) is 0 Å². The lowest BCUT2D eigenvalue weighted by Gasteiger charge is -2.52. The Balaban J connectivity index is 1.39. The Morgan fingerprint density at radius 3 is 1.51 bits per heavy atom. The Kier molecular flexibility index (Phi) is 18.9. The predicted molar refractivity (Wildman–Crippen MR) is 208 cm³/mol. The molecule has 30 nitrogen and oxygen atoms in total. The van der Waals surface area contributed by atoms with Gasteiger partial charge < -0.3 is 144 Å². The molecule has 68 heavy (non-hydrogen) atoms. The standard InChI is InChI=1S/C38H65NO29/c1-9-17(45)21(49)24(52)34(58-9)64-27-15(8-43)63-33(66-29-20(48)14(7-42)61-36(26(29)54)68-38(57)4-12(5-40)60-32(56)31(38)55)16(39-11(3)44)28(27)65-37-30(23(51)19(47)13(6-41)62-37)67-35-25(53)22(50)18(46)10(2)59-35/h9-10,12-37,40-43,45-57H,4-8H2,1-3H3,(H,39,44). The van der Waals surface area contributed by atoms with E-state index < -0.39 is 217 Å². The zero-order valence-electron chi connectivity index (χ0n) is 36.7. The van der Waals surface area contributed by atoms with Crippen LogP contribution in [0.3, 0.4) is 0 Å². The van der Waals surface area contributed by atoms with E-state index in [9.17, 15) is 91.6 Å². The number of hydrogen-bond donors (Lipinski definition) is 18. The maximum absolute atomic E-state index is 13.1. The van der Waals surface area contributed by atoms with E-state index in [1.54, 1.807) is 0 Å². The third-order valence-corrected chi connectivity index (χ3v) is 12.7. The summed E-state index contributed by atoms with van der Waals surface area (Å²) in [6.45, 7) is -0.288. The number of nitrogens with one attached hydrogen (secondary N) is 1. The number of rotatable bonds is 15. The van der Waals surface area contributed by atoms with Gasteiger partial charge in [-0.2, -0.15) is 0 Å². The first-order valence-electron chi connectivity index (χ1n) is 21.8. The van der Waals surface area contributed by atoms with Crippen LogP contribution in [0, 0.1) is 0 Å². The predicted octanol–water partition coefficient (Wildman–Crippen LogP) is -11.6. The number of aliphatic hydroxyl groups is 17. The SMILES string of the molecule is CC(=O)NC1C(OC2C(O)C(CO)OC(OC3(O)CC(CO)OC(O)C3O)C2O)OC(CO)C(OC2OC(C)C(O)C(O)C2O)C1OC1OC(CO)C(O)C(O)C1OC1OC(C)C(O)C(O)C1O. The number of hydrogen-bond acceptors (Lipinski definition) is 29. The van der Waals surface area contributed by atoms with Crippen LogP contribution in [0.5, 0.6) is 0 Å². The highest BCUT2D eigenvalue weighted by Crippen LogP contribution is 2.39. The molecule has 29 atom stereocenters. The molecule has 396 valence electrons. The van der Waals surface area contributed by atoms with Crippen LogP contribution in [0.1, 0.15) is 27.2 Å². The summed E-state index contributed by atoms with van der Waals surface area (Å²) in [5, 5.41) is 185. The van der Waals surface area contributed by atoms with E-state index in [2.05, 4.69) is 5.32 Å². The van der Waals surface area contributed by atoms with Crippen molar-refractivity contribution in [3.8, 4) is 0 Å². The van der Waals surface area contributed by atoms with Crippen LogP contribution in [0.25, 0.3) is 0 Å². The summed E-state index contributed by atoms with van der Waals surface area (Å²) in [4.78, 5) is 13.1. The van der Waals surface area contributed by atoms with Gasteiger partial charge in [-0.15, -0.1) is 0 Å². The fourth-order valence-corrected chi connectivity index (χ4v) is 8.79. The quantitative estimate of drug-likeness (QED) is 0.0677. The first-order valence-corrected chi connectivity index (χ1v) is 21.8. The molecule has 0 radical (unpaired) electrons. The van der Waals surface area contributed by atoms with E-state index in [-0.39, 0.29) is 0 Å². The lowest BCUT2D eigenvalue weighted by molar-refractivity contribution is -0.424. The molecule has 18 N–H and O–H groups in total. The molecule has 6 rings (SSSR count). The summed E-state index contributed by atoms with van der Waals surface area (Å²) in [6.07, 6.45) is -51.6. The monoisotopic (exact) mass is 999 g/mol. The van der Waals surface area contributed by atoms with Crippen molar-refractivity contribution in [3.05, 3.63) is 0 Å². The van der Waals surface area contributed by atoms with Crippen molar-refractivity contribution in [1.29, 1.82) is 0 Å². The van der Waals surface area contributed by atoms with E-state index in [0.717, 1.165) is 6.92 Å². The molecular weight excluding hydrogens is 934 g/mol. The zero-order valence-corrected chi connectivity index (χ0v) is 36.7. The van der Waals surface area contributed by atoms with Crippen LogP contribution in [-0.4, -0.2) is 297 Å². The number of carbonyl (C=O) groups excluding carboxylic acids is 1. The topological polar surface area (TPSA) is 475 Å². The van der Waals surface area contributed by atoms with Crippen molar-refractivity contribution in [3.63, 3.8) is 0 Å². The number of aliphatic hydroxyl groups excluding tert-OH is 16. The molecule has 0 aromatic rings. The molecule has 0 aliphatic carbocycles. The second-order valence-electron chi connectivity index (χ2n) is 17.6. The molecule has 30 heteroatoms. The van der Waals surface area contributed by atoms with Gasteiger partial charge in [0.05, 0.1) is 44.7 Å². The summed E-state index contributed by atoms with van der Waals surface area (Å²) in [7, 11) is 0. The van der Waals surface area contributed by atoms with Gasteiger partial charge in [0.1, 0.15) is 110 Å². The minimum atomic E-state index is -2.83. The molecule has 6 aliphatic heterocycles. The first-order chi connectivity index (χ1) is 32.0. The van der Waals surface area contributed by atoms with Gasteiger partial charge in [-0.05, 0) is 13.8 Å². The van der Waals surface area contributed by atoms with Gasteiger partial charge in [0.25, 0.3) is 0 Å². The maximum Gasteiger partial charge on any atom is 0.217 e. The molecule has 0 bridgehead atoms. The van der Waals surface area contributed by atoms with Crippen LogP contribution in [0.2, 0.25) is 0 Å².